The molecule has 2 rings (SSSR count). The third-order valence-electron chi connectivity index (χ3n) is 2.62. The first-order chi connectivity index (χ1) is 8.13. The molecule has 17 heavy (non-hydrogen) atoms. The molecule has 1 fully saturated rings. The average molecular weight is 240 g/mol. The topological polar surface area (TPSA) is 91.5 Å². The second-order valence-corrected chi connectivity index (χ2v) is 4.21. The largest absolute Gasteiger partial charge is 0.408 e. The lowest BCUT2D eigenvalue weighted by molar-refractivity contribution is -0.118. The molecule has 7 heteroatoms. The Balaban J connectivity index is 1.80. The van der Waals surface area contributed by atoms with Crippen molar-refractivity contribution >= 4 is 11.9 Å². The molecule has 1 saturated heterocycles. The third-order valence-corrected chi connectivity index (χ3v) is 2.62. The van der Waals surface area contributed by atoms with Crippen LogP contribution in [0.3, 0.4) is 0 Å². The molecule has 1 aliphatic rings. The van der Waals surface area contributed by atoms with Crippen molar-refractivity contribution in [2.24, 2.45) is 0 Å². The van der Waals surface area contributed by atoms with Crippen molar-refractivity contribution in [2.75, 3.05) is 25.0 Å². The molecular weight excluding hydrogens is 224 g/mol. The first-order valence-electron chi connectivity index (χ1n) is 5.64. The number of hydrogen-bond donors (Lipinski definition) is 2. The first-order valence-corrected chi connectivity index (χ1v) is 5.64. The van der Waals surface area contributed by atoms with Crippen molar-refractivity contribution in [3.63, 3.8) is 0 Å². The quantitative estimate of drug-likeness (QED) is 0.758. The van der Waals surface area contributed by atoms with Crippen LogP contribution in [0.1, 0.15) is 18.7 Å². The summed E-state index contributed by atoms with van der Waals surface area (Å²) in [4.78, 5) is 13.5. The highest BCUT2D eigenvalue weighted by molar-refractivity contribution is 5.90. The van der Waals surface area contributed by atoms with E-state index in [9.17, 15) is 9.90 Å². The number of aliphatic hydroxyl groups is 1. The van der Waals surface area contributed by atoms with Crippen molar-refractivity contribution < 1.29 is 14.3 Å². The Morgan fingerprint density at radius 2 is 2.47 bits per heavy atom. The Morgan fingerprint density at radius 3 is 3.12 bits per heavy atom. The number of hydrogen-bond acceptors (Lipinski definition) is 6. The minimum Gasteiger partial charge on any atom is -0.408 e. The van der Waals surface area contributed by atoms with E-state index in [2.05, 4.69) is 15.5 Å². The molecule has 7 nitrogen and oxygen atoms in total. The van der Waals surface area contributed by atoms with Gasteiger partial charge < -0.3 is 9.52 Å². The van der Waals surface area contributed by atoms with Crippen LogP contribution in [-0.4, -0.2) is 51.8 Å². The third kappa shape index (κ3) is 3.50. The van der Waals surface area contributed by atoms with Crippen molar-refractivity contribution in [1.82, 2.24) is 15.1 Å². The number of likely N-dealkylation sites (tertiary alicyclic amines) is 1. The van der Waals surface area contributed by atoms with Crippen LogP contribution in [0.15, 0.2) is 4.42 Å². The number of nitrogens with zero attached hydrogens (tertiary/aromatic N) is 3. The van der Waals surface area contributed by atoms with Gasteiger partial charge in [-0.3, -0.25) is 15.0 Å². The number of aromatic nitrogens is 2. The summed E-state index contributed by atoms with van der Waals surface area (Å²) < 4.78 is 5.04. The molecule has 0 saturated carbocycles. The molecule has 1 atom stereocenters. The molecular formula is C10H16N4O3. The molecule has 0 aliphatic carbocycles. The van der Waals surface area contributed by atoms with Crippen molar-refractivity contribution in [3.8, 4) is 0 Å². The maximum absolute atomic E-state index is 11.6. The SMILES string of the molecule is Cc1nnc(NC(=O)CN2CCC[C@H](O)C2)o1. The summed E-state index contributed by atoms with van der Waals surface area (Å²) in [5.41, 5.74) is 0. The second-order valence-electron chi connectivity index (χ2n) is 4.21. The Labute approximate surface area is 98.8 Å². The van der Waals surface area contributed by atoms with Crippen LogP contribution in [0.2, 0.25) is 0 Å². The lowest BCUT2D eigenvalue weighted by Gasteiger charge is -2.28. The number of carbonyl (C=O) groups excluding carboxylic acids is 1. The minimum absolute atomic E-state index is 0.116. The number of aryl methyl sites for hydroxylation is 1. The fraction of sp³-hybridized carbons (Fsp3) is 0.700. The summed E-state index contributed by atoms with van der Waals surface area (Å²) in [6.45, 7) is 3.26. The molecule has 1 aliphatic heterocycles. The van der Waals surface area contributed by atoms with Gasteiger partial charge >= 0.3 is 6.01 Å². The summed E-state index contributed by atoms with van der Waals surface area (Å²) in [5, 5.41) is 19.3. The van der Waals surface area contributed by atoms with Gasteiger partial charge in [0.2, 0.25) is 11.8 Å². The number of carbonyl (C=O) groups is 1. The Hall–Kier alpha value is -1.47. The molecule has 2 heterocycles. The predicted molar refractivity (Wildman–Crippen MR) is 59.3 cm³/mol. The summed E-state index contributed by atoms with van der Waals surface area (Å²) in [6.07, 6.45) is 1.39. The van der Waals surface area contributed by atoms with Gasteiger partial charge in [0.1, 0.15) is 0 Å². The highest BCUT2D eigenvalue weighted by atomic mass is 16.4. The summed E-state index contributed by atoms with van der Waals surface area (Å²) >= 11 is 0. The molecule has 1 amide bonds. The van der Waals surface area contributed by atoms with Crippen molar-refractivity contribution in [3.05, 3.63) is 5.89 Å². The number of β-amino-alcohol motifs (C(OH)–C–C–N with tert-alkyl or cyclic N) is 1. The Morgan fingerprint density at radius 1 is 1.65 bits per heavy atom. The smallest absolute Gasteiger partial charge is 0.322 e. The van der Waals surface area contributed by atoms with Gasteiger partial charge in [-0.05, 0) is 19.4 Å². The normalized spacial score (nSPS) is 21.4. The van der Waals surface area contributed by atoms with E-state index >= 15 is 0 Å². The van der Waals surface area contributed by atoms with E-state index in [-0.39, 0.29) is 24.6 Å². The standard InChI is InChI=1S/C10H16N4O3/c1-7-12-13-10(17-7)11-9(16)6-14-4-2-3-8(15)5-14/h8,15H,2-6H2,1H3,(H,11,13,16)/t8-/m0/s1. The van der Waals surface area contributed by atoms with Crippen LogP contribution < -0.4 is 5.32 Å². The highest BCUT2D eigenvalue weighted by Crippen LogP contribution is 2.10. The van der Waals surface area contributed by atoms with Crippen LogP contribution in [0, 0.1) is 6.92 Å². The summed E-state index contributed by atoms with van der Waals surface area (Å²) in [7, 11) is 0. The number of nitrogens with one attached hydrogen (secondary N) is 1. The van der Waals surface area contributed by atoms with E-state index < -0.39 is 0 Å². The fourth-order valence-corrected chi connectivity index (χ4v) is 1.88. The van der Waals surface area contributed by atoms with E-state index in [1.807, 2.05) is 4.90 Å². The molecule has 0 bridgehead atoms. The van der Waals surface area contributed by atoms with Gasteiger partial charge in [0.05, 0.1) is 12.6 Å². The van der Waals surface area contributed by atoms with E-state index in [0.717, 1.165) is 19.4 Å². The molecule has 0 radical (unpaired) electrons. The molecule has 2 N–H and O–H groups in total. The highest BCUT2D eigenvalue weighted by Gasteiger charge is 2.20. The van der Waals surface area contributed by atoms with Crippen LogP contribution in [0.25, 0.3) is 0 Å². The molecule has 0 spiro atoms. The zero-order chi connectivity index (χ0) is 12.3. The Kier molecular flexibility index (Phi) is 3.70. The second kappa shape index (κ2) is 5.24. The van der Waals surface area contributed by atoms with Gasteiger partial charge in [0.25, 0.3) is 0 Å². The minimum atomic E-state index is -0.331. The van der Waals surface area contributed by atoms with Crippen LogP contribution in [0.5, 0.6) is 0 Å². The van der Waals surface area contributed by atoms with Gasteiger partial charge in [-0.1, -0.05) is 5.10 Å². The van der Waals surface area contributed by atoms with E-state index in [1.165, 1.54) is 0 Å². The van der Waals surface area contributed by atoms with Gasteiger partial charge in [-0.25, -0.2) is 0 Å². The van der Waals surface area contributed by atoms with Gasteiger partial charge in [-0.15, -0.1) is 5.10 Å². The number of anilines is 1. The summed E-state index contributed by atoms with van der Waals surface area (Å²) in [6, 6.07) is 0.116. The monoisotopic (exact) mass is 240 g/mol. The first kappa shape index (κ1) is 12.0. The number of aliphatic hydroxyl groups excluding tert-OH is 1. The predicted octanol–water partition coefficient (Wildman–Crippen LogP) is -0.227. The number of amides is 1. The van der Waals surface area contributed by atoms with Gasteiger partial charge in [0.15, 0.2) is 0 Å². The molecule has 1 aromatic rings. The van der Waals surface area contributed by atoms with E-state index in [4.69, 9.17) is 4.42 Å². The lowest BCUT2D eigenvalue weighted by atomic mass is 10.1. The maximum atomic E-state index is 11.6. The molecule has 1 aromatic heterocycles. The van der Waals surface area contributed by atoms with Crippen LogP contribution in [0.4, 0.5) is 6.01 Å². The fourth-order valence-electron chi connectivity index (χ4n) is 1.88. The van der Waals surface area contributed by atoms with Gasteiger partial charge in [-0.2, -0.15) is 0 Å². The van der Waals surface area contributed by atoms with Gasteiger partial charge in [0, 0.05) is 13.5 Å². The van der Waals surface area contributed by atoms with E-state index in [1.54, 1.807) is 6.92 Å². The summed E-state index contributed by atoms with van der Waals surface area (Å²) in [5.74, 6) is 0.205. The zero-order valence-corrected chi connectivity index (χ0v) is 9.72. The molecule has 0 aromatic carbocycles. The average Bonchev–Trinajstić information content (AvgIpc) is 2.63. The molecule has 0 unspecified atom stereocenters. The van der Waals surface area contributed by atoms with Crippen LogP contribution >= 0.6 is 0 Å². The zero-order valence-electron chi connectivity index (χ0n) is 9.72. The number of piperidine rings is 1. The Bertz CT molecular complexity index is 393. The van der Waals surface area contributed by atoms with Crippen molar-refractivity contribution in [1.29, 1.82) is 0 Å². The van der Waals surface area contributed by atoms with Crippen LogP contribution in [-0.2, 0) is 4.79 Å². The van der Waals surface area contributed by atoms with Crippen molar-refractivity contribution in [2.45, 2.75) is 25.9 Å². The molecule has 94 valence electrons. The maximum Gasteiger partial charge on any atom is 0.322 e. The lowest BCUT2D eigenvalue weighted by Crippen LogP contribution is -2.42. The van der Waals surface area contributed by atoms with E-state index in [0.29, 0.717) is 12.4 Å². The number of rotatable bonds is 3.